The van der Waals surface area contributed by atoms with E-state index in [0.29, 0.717) is 0 Å². The molecule has 0 aliphatic carbocycles. The van der Waals surface area contributed by atoms with Crippen molar-refractivity contribution < 1.29 is 14.7 Å². The molecule has 1 unspecified atom stereocenters. The molecule has 0 saturated carbocycles. The van der Waals surface area contributed by atoms with Crippen LogP contribution in [-0.4, -0.2) is 55.2 Å². The number of likely N-dealkylation sites (N-methyl/N-ethyl adjacent to an activating group) is 1. The van der Waals surface area contributed by atoms with Gasteiger partial charge < -0.3 is 20.6 Å². The van der Waals surface area contributed by atoms with Crippen molar-refractivity contribution in [3.8, 4) is 0 Å². The smallest absolute Gasteiger partial charge is 0.315 e. The lowest BCUT2D eigenvalue weighted by Crippen LogP contribution is -2.45. The van der Waals surface area contributed by atoms with E-state index in [1.807, 2.05) is 25.9 Å². The molecular weight excluding hydrogens is 198 g/mol. The van der Waals surface area contributed by atoms with Gasteiger partial charge in [0.1, 0.15) is 0 Å². The zero-order chi connectivity index (χ0) is 11.8. The van der Waals surface area contributed by atoms with Gasteiger partial charge in [0.2, 0.25) is 0 Å². The summed E-state index contributed by atoms with van der Waals surface area (Å²) in [6, 6.07) is -0.296. The molecular formula is C9H19N3O3. The van der Waals surface area contributed by atoms with Crippen LogP contribution in [-0.2, 0) is 4.79 Å². The van der Waals surface area contributed by atoms with Crippen molar-refractivity contribution in [3.63, 3.8) is 0 Å². The summed E-state index contributed by atoms with van der Waals surface area (Å²) in [4.78, 5) is 23.3. The summed E-state index contributed by atoms with van der Waals surface area (Å²) < 4.78 is 0. The molecule has 0 bridgehead atoms. The Hall–Kier alpha value is -1.30. The minimum atomic E-state index is -0.920. The number of carbonyl (C=O) groups excluding carboxylic acids is 1. The Labute approximate surface area is 89.6 Å². The van der Waals surface area contributed by atoms with Crippen LogP contribution in [0.5, 0.6) is 0 Å². The molecule has 88 valence electrons. The van der Waals surface area contributed by atoms with E-state index in [1.165, 1.54) is 0 Å². The standard InChI is InChI=1S/C9H19N3O3/c1-7(6-12(2)3)11-9(15)10-5-4-8(13)14/h7H,4-6H2,1-3H3,(H,13,14)(H2,10,11,15). The van der Waals surface area contributed by atoms with Gasteiger partial charge in [0.15, 0.2) is 0 Å². The minimum Gasteiger partial charge on any atom is -0.481 e. The monoisotopic (exact) mass is 217 g/mol. The summed E-state index contributed by atoms with van der Waals surface area (Å²) in [7, 11) is 3.83. The van der Waals surface area contributed by atoms with Crippen LogP contribution in [0.3, 0.4) is 0 Å². The number of hydrogen-bond donors (Lipinski definition) is 3. The average Bonchev–Trinajstić information content (AvgIpc) is 2.00. The van der Waals surface area contributed by atoms with Gasteiger partial charge in [0.05, 0.1) is 6.42 Å². The summed E-state index contributed by atoms with van der Waals surface area (Å²) in [5.41, 5.74) is 0. The Kier molecular flexibility index (Phi) is 6.44. The second kappa shape index (κ2) is 7.05. The Morgan fingerprint density at radius 2 is 2.00 bits per heavy atom. The van der Waals surface area contributed by atoms with Gasteiger partial charge in [-0.15, -0.1) is 0 Å². The van der Waals surface area contributed by atoms with Crippen molar-refractivity contribution in [3.05, 3.63) is 0 Å². The van der Waals surface area contributed by atoms with E-state index >= 15 is 0 Å². The summed E-state index contributed by atoms with van der Waals surface area (Å²) in [5.74, 6) is -0.920. The maximum Gasteiger partial charge on any atom is 0.315 e. The average molecular weight is 217 g/mol. The Morgan fingerprint density at radius 1 is 1.40 bits per heavy atom. The second-order valence-corrected chi connectivity index (χ2v) is 3.71. The van der Waals surface area contributed by atoms with Gasteiger partial charge in [0.25, 0.3) is 0 Å². The third-order valence-corrected chi connectivity index (χ3v) is 1.64. The normalized spacial score (nSPS) is 12.3. The fourth-order valence-electron chi connectivity index (χ4n) is 1.15. The summed E-state index contributed by atoms with van der Waals surface area (Å²) in [6.07, 6.45) is -0.0600. The number of rotatable bonds is 6. The first-order valence-corrected chi connectivity index (χ1v) is 4.82. The van der Waals surface area contributed by atoms with Gasteiger partial charge in [-0.1, -0.05) is 0 Å². The number of aliphatic carboxylic acids is 1. The summed E-state index contributed by atoms with van der Waals surface area (Å²) >= 11 is 0. The van der Waals surface area contributed by atoms with Crippen molar-refractivity contribution in [2.24, 2.45) is 0 Å². The lowest BCUT2D eigenvalue weighted by atomic mass is 10.3. The highest BCUT2D eigenvalue weighted by Gasteiger charge is 2.07. The van der Waals surface area contributed by atoms with Gasteiger partial charge in [-0.2, -0.15) is 0 Å². The molecule has 0 aromatic rings. The van der Waals surface area contributed by atoms with E-state index in [1.54, 1.807) is 0 Å². The van der Waals surface area contributed by atoms with Gasteiger partial charge in [-0.3, -0.25) is 4.79 Å². The third kappa shape index (κ3) is 9.01. The van der Waals surface area contributed by atoms with Crippen molar-refractivity contribution in [2.75, 3.05) is 27.2 Å². The van der Waals surface area contributed by atoms with Gasteiger partial charge >= 0.3 is 12.0 Å². The topological polar surface area (TPSA) is 81.7 Å². The highest BCUT2D eigenvalue weighted by molar-refractivity contribution is 5.75. The van der Waals surface area contributed by atoms with Gasteiger partial charge in [0, 0.05) is 19.1 Å². The molecule has 0 radical (unpaired) electrons. The lowest BCUT2D eigenvalue weighted by molar-refractivity contribution is -0.136. The number of carboxylic acids is 1. The van der Waals surface area contributed by atoms with Crippen molar-refractivity contribution in [2.45, 2.75) is 19.4 Å². The van der Waals surface area contributed by atoms with E-state index < -0.39 is 5.97 Å². The number of nitrogens with zero attached hydrogens (tertiary/aromatic N) is 1. The molecule has 0 rings (SSSR count). The van der Waals surface area contributed by atoms with E-state index in [9.17, 15) is 9.59 Å². The van der Waals surface area contributed by atoms with Crippen molar-refractivity contribution in [1.29, 1.82) is 0 Å². The first-order valence-electron chi connectivity index (χ1n) is 4.82. The Balaban J connectivity index is 3.60. The zero-order valence-corrected chi connectivity index (χ0v) is 9.41. The molecule has 0 aromatic carbocycles. The number of carbonyl (C=O) groups is 2. The third-order valence-electron chi connectivity index (χ3n) is 1.64. The van der Waals surface area contributed by atoms with E-state index in [2.05, 4.69) is 10.6 Å². The van der Waals surface area contributed by atoms with Crippen LogP contribution in [0.2, 0.25) is 0 Å². The molecule has 6 heteroatoms. The summed E-state index contributed by atoms with van der Waals surface area (Å²) in [6.45, 7) is 2.78. The predicted octanol–water partition coefficient (Wildman–Crippen LogP) is -0.290. The molecule has 0 aromatic heterocycles. The molecule has 0 spiro atoms. The lowest BCUT2D eigenvalue weighted by Gasteiger charge is -2.18. The van der Waals surface area contributed by atoms with Crippen LogP contribution in [0, 0.1) is 0 Å². The molecule has 0 aliphatic rings. The van der Waals surface area contributed by atoms with Crippen LogP contribution in [0.25, 0.3) is 0 Å². The predicted molar refractivity (Wildman–Crippen MR) is 56.8 cm³/mol. The highest BCUT2D eigenvalue weighted by atomic mass is 16.4. The quantitative estimate of drug-likeness (QED) is 0.571. The fraction of sp³-hybridized carbons (Fsp3) is 0.778. The number of amides is 2. The highest BCUT2D eigenvalue weighted by Crippen LogP contribution is 1.85. The Morgan fingerprint density at radius 3 is 2.47 bits per heavy atom. The largest absolute Gasteiger partial charge is 0.481 e. The van der Waals surface area contributed by atoms with Crippen LogP contribution in [0.15, 0.2) is 0 Å². The molecule has 6 nitrogen and oxygen atoms in total. The number of carboxylic acid groups (broad SMARTS) is 1. The second-order valence-electron chi connectivity index (χ2n) is 3.71. The molecule has 0 fully saturated rings. The maximum atomic E-state index is 11.2. The van der Waals surface area contributed by atoms with E-state index in [-0.39, 0.29) is 25.0 Å². The number of urea groups is 1. The van der Waals surface area contributed by atoms with Crippen LogP contribution in [0.4, 0.5) is 4.79 Å². The molecule has 0 heterocycles. The zero-order valence-electron chi connectivity index (χ0n) is 9.41. The van der Waals surface area contributed by atoms with Crippen molar-refractivity contribution >= 4 is 12.0 Å². The molecule has 15 heavy (non-hydrogen) atoms. The molecule has 0 aliphatic heterocycles. The van der Waals surface area contributed by atoms with Crippen molar-refractivity contribution in [1.82, 2.24) is 15.5 Å². The summed E-state index contributed by atoms with van der Waals surface area (Å²) in [5, 5.41) is 13.5. The fourth-order valence-corrected chi connectivity index (χ4v) is 1.15. The molecule has 2 amide bonds. The molecule has 1 atom stereocenters. The number of nitrogens with one attached hydrogen (secondary N) is 2. The van der Waals surface area contributed by atoms with E-state index in [0.717, 1.165) is 6.54 Å². The first kappa shape index (κ1) is 13.7. The SMILES string of the molecule is CC(CN(C)C)NC(=O)NCCC(=O)O. The van der Waals surface area contributed by atoms with Crippen LogP contribution < -0.4 is 10.6 Å². The molecule has 0 saturated heterocycles. The first-order chi connectivity index (χ1) is 6.91. The van der Waals surface area contributed by atoms with Gasteiger partial charge in [-0.05, 0) is 21.0 Å². The van der Waals surface area contributed by atoms with Crippen LogP contribution in [0.1, 0.15) is 13.3 Å². The molecule has 3 N–H and O–H groups in total. The Bertz CT molecular complexity index is 219. The van der Waals surface area contributed by atoms with Crippen LogP contribution >= 0.6 is 0 Å². The van der Waals surface area contributed by atoms with E-state index in [4.69, 9.17) is 5.11 Å². The van der Waals surface area contributed by atoms with Gasteiger partial charge in [-0.25, -0.2) is 4.79 Å². The minimum absolute atomic E-state index is 0.0322. The maximum absolute atomic E-state index is 11.2. The number of hydrogen-bond acceptors (Lipinski definition) is 3.